The zero-order valence-electron chi connectivity index (χ0n) is 14.3. The number of nitrogens with one attached hydrogen (secondary N) is 1. The first kappa shape index (κ1) is 16.0. The minimum atomic E-state index is -0.149. The molecular weight excluding hydrogens is 328 g/mol. The van der Waals surface area contributed by atoms with Gasteiger partial charge in [-0.2, -0.15) is 4.68 Å². The number of carbonyl (C=O) groups is 1. The van der Waals surface area contributed by atoms with Crippen LogP contribution in [-0.4, -0.2) is 37.2 Å². The van der Waals surface area contributed by atoms with Crippen LogP contribution in [0.4, 0.5) is 0 Å². The molecule has 0 saturated heterocycles. The van der Waals surface area contributed by atoms with Crippen LogP contribution in [0.2, 0.25) is 0 Å². The first-order chi connectivity index (χ1) is 12.7. The lowest BCUT2D eigenvalue weighted by Gasteiger charge is -2.10. The van der Waals surface area contributed by atoms with Crippen LogP contribution in [-0.2, 0) is 6.54 Å². The Morgan fingerprint density at radius 3 is 2.85 bits per heavy atom. The summed E-state index contributed by atoms with van der Waals surface area (Å²) < 4.78 is 3.63. The van der Waals surface area contributed by atoms with Crippen molar-refractivity contribution in [2.24, 2.45) is 0 Å². The minimum Gasteiger partial charge on any atom is -0.350 e. The Balaban J connectivity index is 1.47. The highest BCUT2D eigenvalue weighted by atomic mass is 16.1. The standard InChI is InChI=1S/C19H18N6O/c1-14-5-4-8-17-15(14)9-11-24(17)12-10-20-19(26)16-6-2-3-7-18(16)25-13-21-22-23-25/h2-9,11,13H,10,12H2,1H3,(H,20,26). The normalized spacial score (nSPS) is 11.0. The van der Waals surface area contributed by atoms with E-state index in [-0.39, 0.29) is 5.91 Å². The van der Waals surface area contributed by atoms with Gasteiger partial charge in [0, 0.05) is 30.2 Å². The average molecular weight is 346 g/mol. The number of carbonyl (C=O) groups excluding carboxylic acids is 1. The van der Waals surface area contributed by atoms with Crippen molar-refractivity contribution in [3.8, 4) is 5.69 Å². The molecule has 0 spiro atoms. The van der Waals surface area contributed by atoms with Crippen LogP contribution in [0.15, 0.2) is 61.1 Å². The molecule has 7 nitrogen and oxygen atoms in total. The van der Waals surface area contributed by atoms with Gasteiger partial charge in [0.2, 0.25) is 0 Å². The Bertz CT molecular complexity index is 1050. The number of aryl methyl sites for hydroxylation is 1. The molecule has 4 rings (SSSR count). The van der Waals surface area contributed by atoms with E-state index in [1.165, 1.54) is 27.5 Å². The van der Waals surface area contributed by atoms with Crippen LogP contribution in [0, 0.1) is 6.92 Å². The van der Waals surface area contributed by atoms with Crippen molar-refractivity contribution in [1.82, 2.24) is 30.1 Å². The number of rotatable bonds is 5. The lowest BCUT2D eigenvalue weighted by molar-refractivity contribution is 0.0952. The van der Waals surface area contributed by atoms with Gasteiger partial charge in [0.25, 0.3) is 5.91 Å². The summed E-state index contributed by atoms with van der Waals surface area (Å²) in [6, 6.07) is 15.6. The van der Waals surface area contributed by atoms with Crippen LogP contribution in [0.3, 0.4) is 0 Å². The van der Waals surface area contributed by atoms with Crippen LogP contribution < -0.4 is 5.32 Å². The third-order valence-electron chi connectivity index (χ3n) is 4.41. The number of para-hydroxylation sites is 1. The molecule has 2 heterocycles. The molecule has 4 aromatic rings. The topological polar surface area (TPSA) is 77.6 Å². The van der Waals surface area contributed by atoms with E-state index in [2.05, 4.69) is 62.8 Å². The number of hydrogen-bond acceptors (Lipinski definition) is 4. The molecule has 0 aliphatic carbocycles. The van der Waals surface area contributed by atoms with Gasteiger partial charge in [0.15, 0.2) is 0 Å². The number of nitrogens with zero attached hydrogens (tertiary/aromatic N) is 5. The second kappa shape index (κ2) is 6.79. The molecule has 0 fully saturated rings. The van der Waals surface area contributed by atoms with Gasteiger partial charge >= 0.3 is 0 Å². The van der Waals surface area contributed by atoms with E-state index >= 15 is 0 Å². The Kier molecular flexibility index (Phi) is 4.18. The molecule has 7 heteroatoms. The van der Waals surface area contributed by atoms with Gasteiger partial charge in [-0.05, 0) is 47.2 Å². The fourth-order valence-electron chi connectivity index (χ4n) is 3.09. The Morgan fingerprint density at radius 1 is 1.12 bits per heavy atom. The summed E-state index contributed by atoms with van der Waals surface area (Å²) in [5.41, 5.74) is 3.61. The molecule has 0 aliphatic heterocycles. The zero-order chi connectivity index (χ0) is 17.9. The Hall–Kier alpha value is -3.48. The average Bonchev–Trinajstić information content (AvgIpc) is 3.33. The van der Waals surface area contributed by atoms with E-state index in [1.807, 2.05) is 18.2 Å². The molecule has 2 aromatic heterocycles. The number of benzene rings is 2. The van der Waals surface area contributed by atoms with Gasteiger partial charge in [-0.15, -0.1) is 5.10 Å². The summed E-state index contributed by atoms with van der Waals surface area (Å²) in [5.74, 6) is -0.149. The van der Waals surface area contributed by atoms with Crippen molar-refractivity contribution in [3.63, 3.8) is 0 Å². The predicted octanol–water partition coefficient (Wildman–Crippen LogP) is 2.36. The molecular formula is C19H18N6O. The van der Waals surface area contributed by atoms with Gasteiger partial charge in [-0.1, -0.05) is 24.3 Å². The van der Waals surface area contributed by atoms with Crippen LogP contribution >= 0.6 is 0 Å². The highest BCUT2D eigenvalue weighted by Crippen LogP contribution is 2.19. The zero-order valence-corrected chi connectivity index (χ0v) is 14.3. The van der Waals surface area contributed by atoms with Crippen LogP contribution in [0.25, 0.3) is 16.6 Å². The Labute approximate surface area is 150 Å². The fourth-order valence-corrected chi connectivity index (χ4v) is 3.09. The number of hydrogen-bond donors (Lipinski definition) is 1. The van der Waals surface area contributed by atoms with E-state index in [0.717, 1.165) is 0 Å². The molecule has 0 radical (unpaired) electrons. The summed E-state index contributed by atoms with van der Waals surface area (Å²) in [5, 5.41) is 15.3. The summed E-state index contributed by atoms with van der Waals surface area (Å²) in [7, 11) is 0. The van der Waals surface area contributed by atoms with E-state index in [9.17, 15) is 4.79 Å². The van der Waals surface area contributed by atoms with E-state index in [0.29, 0.717) is 24.3 Å². The Morgan fingerprint density at radius 2 is 2.00 bits per heavy atom. The molecule has 0 atom stereocenters. The SMILES string of the molecule is Cc1cccc2c1ccn2CCNC(=O)c1ccccc1-n1cnnn1. The second-order valence-electron chi connectivity index (χ2n) is 6.04. The largest absolute Gasteiger partial charge is 0.350 e. The number of aromatic nitrogens is 5. The van der Waals surface area contributed by atoms with Gasteiger partial charge < -0.3 is 9.88 Å². The molecule has 0 unspecified atom stereocenters. The summed E-state index contributed by atoms with van der Waals surface area (Å²) >= 11 is 0. The van der Waals surface area contributed by atoms with Crippen molar-refractivity contribution >= 4 is 16.8 Å². The smallest absolute Gasteiger partial charge is 0.253 e. The van der Waals surface area contributed by atoms with Crippen molar-refractivity contribution in [3.05, 3.63) is 72.2 Å². The fraction of sp³-hybridized carbons (Fsp3) is 0.158. The second-order valence-corrected chi connectivity index (χ2v) is 6.04. The molecule has 130 valence electrons. The summed E-state index contributed by atoms with van der Waals surface area (Å²) in [6.45, 7) is 3.33. The highest BCUT2D eigenvalue weighted by molar-refractivity contribution is 5.97. The van der Waals surface area contributed by atoms with Gasteiger partial charge in [-0.25, -0.2) is 0 Å². The first-order valence-electron chi connectivity index (χ1n) is 8.39. The summed E-state index contributed by atoms with van der Waals surface area (Å²) in [4.78, 5) is 12.6. The third kappa shape index (κ3) is 2.95. The monoisotopic (exact) mass is 346 g/mol. The maximum atomic E-state index is 12.6. The van der Waals surface area contributed by atoms with Crippen molar-refractivity contribution in [1.29, 1.82) is 0 Å². The maximum absolute atomic E-state index is 12.6. The van der Waals surface area contributed by atoms with E-state index in [1.54, 1.807) is 6.07 Å². The van der Waals surface area contributed by atoms with Crippen molar-refractivity contribution in [2.45, 2.75) is 13.5 Å². The quantitative estimate of drug-likeness (QED) is 0.602. The molecule has 1 amide bonds. The lowest BCUT2D eigenvalue weighted by atomic mass is 10.1. The number of amides is 1. The molecule has 0 bridgehead atoms. The number of tetrazole rings is 1. The van der Waals surface area contributed by atoms with Gasteiger partial charge in [0.1, 0.15) is 6.33 Å². The lowest BCUT2D eigenvalue weighted by Crippen LogP contribution is -2.28. The molecule has 26 heavy (non-hydrogen) atoms. The minimum absolute atomic E-state index is 0.149. The first-order valence-corrected chi connectivity index (χ1v) is 8.39. The number of fused-ring (bicyclic) bond motifs is 1. The predicted molar refractivity (Wildman–Crippen MR) is 98.2 cm³/mol. The van der Waals surface area contributed by atoms with Gasteiger partial charge in [0.05, 0.1) is 11.3 Å². The van der Waals surface area contributed by atoms with Crippen molar-refractivity contribution < 1.29 is 4.79 Å². The van der Waals surface area contributed by atoms with Gasteiger partial charge in [-0.3, -0.25) is 4.79 Å². The van der Waals surface area contributed by atoms with E-state index in [4.69, 9.17) is 0 Å². The van der Waals surface area contributed by atoms with E-state index < -0.39 is 0 Å². The molecule has 0 aliphatic rings. The van der Waals surface area contributed by atoms with Crippen LogP contribution in [0.5, 0.6) is 0 Å². The molecule has 2 aromatic carbocycles. The van der Waals surface area contributed by atoms with Crippen molar-refractivity contribution in [2.75, 3.05) is 6.54 Å². The molecule has 0 saturated carbocycles. The molecule has 1 N–H and O–H groups in total. The van der Waals surface area contributed by atoms with Crippen LogP contribution in [0.1, 0.15) is 15.9 Å². The third-order valence-corrected chi connectivity index (χ3v) is 4.41. The maximum Gasteiger partial charge on any atom is 0.253 e. The highest BCUT2D eigenvalue weighted by Gasteiger charge is 2.13. The summed E-state index contributed by atoms with van der Waals surface area (Å²) in [6.07, 6.45) is 3.53.